The first-order chi connectivity index (χ1) is 15.4. The SMILES string of the molecule is CCC(Oc1ccccc1C(C)CC)C(=O)Nc1cccc(C(=O)N2CCC(C)CC2)c1. The minimum absolute atomic E-state index is 0.0266. The van der Waals surface area contributed by atoms with E-state index in [0.29, 0.717) is 29.5 Å². The molecule has 0 spiro atoms. The number of carbonyl (C=O) groups is 2. The highest BCUT2D eigenvalue weighted by molar-refractivity contribution is 5.98. The van der Waals surface area contributed by atoms with Crippen molar-refractivity contribution in [1.29, 1.82) is 0 Å². The van der Waals surface area contributed by atoms with Crippen molar-refractivity contribution in [2.24, 2.45) is 5.92 Å². The standard InChI is InChI=1S/C27H36N2O3/c1-5-20(4)23-12-7-8-13-25(23)32-24(6-2)26(30)28-22-11-9-10-21(18-22)27(31)29-16-14-19(3)15-17-29/h7-13,18-20,24H,5-6,14-17H2,1-4H3,(H,28,30). The molecule has 1 aliphatic heterocycles. The molecule has 1 saturated heterocycles. The quantitative estimate of drug-likeness (QED) is 0.563. The summed E-state index contributed by atoms with van der Waals surface area (Å²) in [5, 5.41) is 2.95. The second kappa shape index (κ2) is 11.2. The van der Waals surface area contributed by atoms with Gasteiger partial charge in [0, 0.05) is 24.3 Å². The summed E-state index contributed by atoms with van der Waals surface area (Å²) >= 11 is 0. The van der Waals surface area contributed by atoms with Crippen LogP contribution in [0, 0.1) is 5.92 Å². The summed E-state index contributed by atoms with van der Waals surface area (Å²) in [6.45, 7) is 10.0. The van der Waals surface area contributed by atoms with Gasteiger partial charge < -0.3 is 15.0 Å². The molecule has 2 unspecified atom stereocenters. The second-order valence-corrected chi connectivity index (χ2v) is 8.91. The van der Waals surface area contributed by atoms with Gasteiger partial charge in [-0.05, 0) is 67.3 Å². The fourth-order valence-electron chi connectivity index (χ4n) is 4.04. The molecule has 1 aliphatic rings. The number of likely N-dealkylation sites (tertiary alicyclic amines) is 1. The van der Waals surface area contributed by atoms with Crippen molar-refractivity contribution in [1.82, 2.24) is 4.90 Å². The highest BCUT2D eigenvalue weighted by Crippen LogP contribution is 2.29. The Labute approximate surface area is 192 Å². The predicted octanol–water partition coefficient (Wildman–Crippen LogP) is 5.87. The van der Waals surface area contributed by atoms with Crippen LogP contribution in [0.1, 0.15) is 75.2 Å². The maximum absolute atomic E-state index is 13.0. The molecular weight excluding hydrogens is 400 g/mol. The summed E-state index contributed by atoms with van der Waals surface area (Å²) in [6, 6.07) is 15.1. The van der Waals surface area contributed by atoms with Crippen LogP contribution >= 0.6 is 0 Å². The van der Waals surface area contributed by atoms with E-state index in [1.807, 2.05) is 48.2 Å². The van der Waals surface area contributed by atoms with E-state index in [4.69, 9.17) is 4.74 Å². The molecule has 1 N–H and O–H groups in total. The van der Waals surface area contributed by atoms with Crippen LogP contribution in [0.15, 0.2) is 48.5 Å². The van der Waals surface area contributed by atoms with Gasteiger partial charge in [-0.25, -0.2) is 0 Å². The molecule has 2 atom stereocenters. The number of carbonyl (C=O) groups excluding carboxylic acids is 2. The van der Waals surface area contributed by atoms with Crippen LogP contribution in [0.5, 0.6) is 5.75 Å². The number of nitrogens with one attached hydrogen (secondary N) is 1. The number of amides is 2. The molecule has 32 heavy (non-hydrogen) atoms. The van der Waals surface area contributed by atoms with Crippen LogP contribution in [0.25, 0.3) is 0 Å². The van der Waals surface area contributed by atoms with Gasteiger partial charge in [-0.15, -0.1) is 0 Å². The molecule has 3 rings (SSSR count). The van der Waals surface area contributed by atoms with Crippen molar-refractivity contribution in [2.45, 2.75) is 65.4 Å². The van der Waals surface area contributed by atoms with E-state index < -0.39 is 6.10 Å². The van der Waals surface area contributed by atoms with Gasteiger partial charge in [-0.2, -0.15) is 0 Å². The lowest BCUT2D eigenvalue weighted by Gasteiger charge is -2.30. The number of benzene rings is 2. The Morgan fingerprint density at radius 2 is 1.78 bits per heavy atom. The number of anilines is 1. The molecule has 172 valence electrons. The average Bonchev–Trinajstić information content (AvgIpc) is 2.82. The Kier molecular flexibility index (Phi) is 8.32. The van der Waals surface area contributed by atoms with Crippen LogP contribution in [0.4, 0.5) is 5.69 Å². The summed E-state index contributed by atoms with van der Waals surface area (Å²) in [7, 11) is 0. The molecule has 0 aromatic heterocycles. The van der Waals surface area contributed by atoms with E-state index in [0.717, 1.165) is 43.7 Å². The number of ether oxygens (including phenoxy) is 1. The van der Waals surface area contributed by atoms with E-state index in [1.54, 1.807) is 6.07 Å². The molecule has 1 fully saturated rings. The number of piperidine rings is 1. The summed E-state index contributed by atoms with van der Waals surface area (Å²) in [5.41, 5.74) is 2.33. The van der Waals surface area contributed by atoms with Gasteiger partial charge in [0.05, 0.1) is 0 Å². The largest absolute Gasteiger partial charge is 0.480 e. The lowest BCUT2D eigenvalue weighted by molar-refractivity contribution is -0.122. The van der Waals surface area contributed by atoms with Crippen molar-refractivity contribution in [3.8, 4) is 5.75 Å². The third-order valence-electron chi connectivity index (χ3n) is 6.44. The second-order valence-electron chi connectivity index (χ2n) is 8.91. The van der Waals surface area contributed by atoms with Gasteiger partial charge in [-0.1, -0.05) is 52.0 Å². The highest BCUT2D eigenvalue weighted by atomic mass is 16.5. The first-order valence-electron chi connectivity index (χ1n) is 11.9. The molecule has 2 aromatic carbocycles. The van der Waals surface area contributed by atoms with E-state index in [9.17, 15) is 9.59 Å². The first kappa shape index (κ1) is 23.8. The van der Waals surface area contributed by atoms with Crippen LogP contribution < -0.4 is 10.1 Å². The van der Waals surface area contributed by atoms with E-state index in [-0.39, 0.29) is 11.8 Å². The minimum Gasteiger partial charge on any atom is -0.480 e. The zero-order valence-electron chi connectivity index (χ0n) is 19.8. The number of nitrogens with zero attached hydrogens (tertiary/aromatic N) is 1. The molecule has 2 amide bonds. The molecule has 0 saturated carbocycles. The van der Waals surface area contributed by atoms with Crippen molar-refractivity contribution < 1.29 is 14.3 Å². The van der Waals surface area contributed by atoms with Gasteiger partial charge >= 0.3 is 0 Å². The molecule has 0 aliphatic carbocycles. The lowest BCUT2D eigenvalue weighted by atomic mass is 9.98. The van der Waals surface area contributed by atoms with Crippen molar-refractivity contribution >= 4 is 17.5 Å². The van der Waals surface area contributed by atoms with Gasteiger partial charge in [0.15, 0.2) is 6.10 Å². The van der Waals surface area contributed by atoms with Gasteiger partial charge in [0.2, 0.25) is 0 Å². The maximum atomic E-state index is 13.0. The van der Waals surface area contributed by atoms with Crippen LogP contribution in [-0.2, 0) is 4.79 Å². The Hall–Kier alpha value is -2.82. The minimum atomic E-state index is -0.608. The average molecular weight is 437 g/mol. The number of hydrogen-bond donors (Lipinski definition) is 1. The van der Waals surface area contributed by atoms with E-state index in [2.05, 4.69) is 32.2 Å². The van der Waals surface area contributed by atoms with Crippen molar-refractivity contribution in [3.63, 3.8) is 0 Å². The Balaban J connectivity index is 1.68. The molecule has 2 aromatic rings. The number of rotatable bonds is 8. The molecule has 1 heterocycles. The van der Waals surface area contributed by atoms with E-state index in [1.165, 1.54) is 0 Å². The smallest absolute Gasteiger partial charge is 0.265 e. The first-order valence-corrected chi connectivity index (χ1v) is 11.9. The van der Waals surface area contributed by atoms with Crippen molar-refractivity contribution in [3.05, 3.63) is 59.7 Å². The van der Waals surface area contributed by atoms with Crippen LogP contribution in [-0.4, -0.2) is 35.9 Å². The fourth-order valence-corrected chi connectivity index (χ4v) is 4.04. The molecule has 0 bridgehead atoms. The monoisotopic (exact) mass is 436 g/mol. The highest BCUT2D eigenvalue weighted by Gasteiger charge is 2.23. The topological polar surface area (TPSA) is 58.6 Å². The lowest BCUT2D eigenvalue weighted by Crippen LogP contribution is -2.38. The van der Waals surface area contributed by atoms with Crippen LogP contribution in [0.2, 0.25) is 0 Å². The third kappa shape index (κ3) is 5.90. The molecule has 5 heteroatoms. The number of para-hydroxylation sites is 1. The summed E-state index contributed by atoms with van der Waals surface area (Å²) < 4.78 is 6.15. The van der Waals surface area contributed by atoms with Crippen LogP contribution in [0.3, 0.4) is 0 Å². The molecule has 5 nitrogen and oxygen atoms in total. The molecular formula is C27H36N2O3. The normalized spacial score (nSPS) is 16.3. The summed E-state index contributed by atoms with van der Waals surface area (Å²) in [6.07, 6.45) is 3.01. The Morgan fingerprint density at radius 1 is 1.06 bits per heavy atom. The Bertz CT molecular complexity index is 919. The predicted molar refractivity (Wildman–Crippen MR) is 129 cm³/mol. The van der Waals surface area contributed by atoms with E-state index >= 15 is 0 Å². The number of hydrogen-bond acceptors (Lipinski definition) is 3. The zero-order valence-corrected chi connectivity index (χ0v) is 19.8. The molecule has 0 radical (unpaired) electrons. The van der Waals surface area contributed by atoms with Gasteiger partial charge in [-0.3, -0.25) is 9.59 Å². The summed E-state index contributed by atoms with van der Waals surface area (Å²) in [4.78, 5) is 27.8. The van der Waals surface area contributed by atoms with Gasteiger partial charge in [0.1, 0.15) is 5.75 Å². The third-order valence-corrected chi connectivity index (χ3v) is 6.44. The maximum Gasteiger partial charge on any atom is 0.265 e. The summed E-state index contributed by atoms with van der Waals surface area (Å²) in [5.74, 6) is 1.60. The zero-order chi connectivity index (χ0) is 23.1. The fraction of sp³-hybridized carbons (Fsp3) is 0.481. The van der Waals surface area contributed by atoms with Gasteiger partial charge in [0.25, 0.3) is 11.8 Å². The van der Waals surface area contributed by atoms with Crippen molar-refractivity contribution in [2.75, 3.05) is 18.4 Å². The Morgan fingerprint density at radius 3 is 2.47 bits per heavy atom.